The first-order chi connectivity index (χ1) is 9.75. The van der Waals surface area contributed by atoms with Gasteiger partial charge < -0.3 is 5.11 Å². The van der Waals surface area contributed by atoms with Gasteiger partial charge in [0.25, 0.3) is 0 Å². The molecule has 4 nitrogen and oxygen atoms in total. The number of hydrogen-bond acceptors (Lipinski definition) is 3. The molecule has 0 spiro atoms. The summed E-state index contributed by atoms with van der Waals surface area (Å²) in [5.74, 6) is -0.913. The number of fused-ring (bicyclic) bond motifs is 4. The molecule has 98 valence electrons. The van der Waals surface area contributed by atoms with Gasteiger partial charge in [-0.25, -0.2) is 4.79 Å². The molecule has 1 aromatic rings. The Morgan fingerprint density at radius 2 is 1.90 bits per heavy atom. The van der Waals surface area contributed by atoms with E-state index in [9.17, 15) is 4.79 Å². The lowest BCUT2D eigenvalue weighted by Crippen LogP contribution is -2.46. The van der Waals surface area contributed by atoms with E-state index in [2.05, 4.69) is 18.2 Å². The van der Waals surface area contributed by atoms with E-state index in [1.165, 1.54) is 10.9 Å². The topological polar surface area (TPSA) is 43.8 Å². The summed E-state index contributed by atoms with van der Waals surface area (Å²) >= 11 is 0. The summed E-state index contributed by atoms with van der Waals surface area (Å²) < 4.78 is 0. The van der Waals surface area contributed by atoms with E-state index in [0.717, 1.165) is 17.3 Å². The molecule has 20 heavy (non-hydrogen) atoms. The van der Waals surface area contributed by atoms with Crippen molar-refractivity contribution in [2.24, 2.45) is 0 Å². The fourth-order valence-electron chi connectivity index (χ4n) is 2.85. The molecule has 3 heterocycles. The molecular formula is C16H12N2O2. The Morgan fingerprint density at radius 3 is 2.70 bits per heavy atom. The lowest BCUT2D eigenvalue weighted by atomic mass is 10.1. The van der Waals surface area contributed by atoms with Gasteiger partial charge >= 0.3 is 5.97 Å². The maximum absolute atomic E-state index is 11.2. The summed E-state index contributed by atoms with van der Waals surface area (Å²) in [6.07, 6.45) is 10.1. The van der Waals surface area contributed by atoms with Crippen molar-refractivity contribution in [1.29, 1.82) is 0 Å². The fourth-order valence-corrected chi connectivity index (χ4v) is 2.85. The molecule has 1 aromatic carbocycles. The van der Waals surface area contributed by atoms with Crippen LogP contribution in [0.3, 0.4) is 0 Å². The first kappa shape index (κ1) is 11.1. The monoisotopic (exact) mass is 264 g/mol. The number of nitrogens with zero attached hydrogens (tertiary/aromatic N) is 2. The second-order valence-corrected chi connectivity index (χ2v) is 4.88. The minimum atomic E-state index is -0.913. The molecule has 3 aliphatic rings. The molecule has 0 aromatic heterocycles. The van der Waals surface area contributed by atoms with E-state index >= 15 is 0 Å². The summed E-state index contributed by atoms with van der Waals surface area (Å²) in [7, 11) is 0. The summed E-state index contributed by atoms with van der Waals surface area (Å²) in [4.78, 5) is 11.2. The zero-order valence-corrected chi connectivity index (χ0v) is 10.7. The minimum Gasteiger partial charge on any atom is -0.478 e. The molecule has 0 aliphatic carbocycles. The fraction of sp³-hybridized carbons (Fsp3) is 0.0625. The van der Waals surface area contributed by atoms with E-state index in [1.807, 2.05) is 34.4 Å². The molecule has 0 radical (unpaired) electrons. The Hall–Kier alpha value is -2.75. The third-order valence-corrected chi connectivity index (χ3v) is 3.76. The highest BCUT2D eigenvalue weighted by Gasteiger charge is 2.27. The molecule has 1 N–H and O–H groups in total. The Morgan fingerprint density at radius 1 is 1.10 bits per heavy atom. The van der Waals surface area contributed by atoms with Crippen LogP contribution in [-0.2, 0) is 4.79 Å². The standard InChI is InChI=1S/C16H12N2O2/c19-16(20)11-7-8-15-13-5-2-1-4-12(13)14-6-3-9-17(14)18(15)10-11/h1-5,7-10H,6H2,(H,19,20). The second kappa shape index (κ2) is 3.87. The van der Waals surface area contributed by atoms with Gasteiger partial charge in [0.15, 0.2) is 0 Å². The zero-order valence-electron chi connectivity index (χ0n) is 10.7. The Balaban J connectivity index is 2.04. The number of rotatable bonds is 1. The lowest BCUT2D eigenvalue weighted by molar-refractivity contribution is -0.132. The van der Waals surface area contributed by atoms with Crippen molar-refractivity contribution in [2.45, 2.75) is 6.42 Å². The molecule has 4 heteroatoms. The van der Waals surface area contributed by atoms with Gasteiger partial charge in [0.1, 0.15) is 0 Å². The molecule has 0 bridgehead atoms. The van der Waals surface area contributed by atoms with Gasteiger partial charge in [-0.2, -0.15) is 0 Å². The van der Waals surface area contributed by atoms with Crippen molar-refractivity contribution in [2.75, 3.05) is 0 Å². The van der Waals surface area contributed by atoms with Crippen molar-refractivity contribution >= 4 is 17.4 Å². The molecule has 0 fully saturated rings. The first-order valence-corrected chi connectivity index (χ1v) is 6.46. The van der Waals surface area contributed by atoms with E-state index in [4.69, 9.17) is 5.11 Å². The van der Waals surface area contributed by atoms with Crippen molar-refractivity contribution in [1.82, 2.24) is 10.0 Å². The van der Waals surface area contributed by atoms with E-state index in [1.54, 1.807) is 12.3 Å². The van der Waals surface area contributed by atoms with Gasteiger partial charge in [-0.15, -0.1) is 0 Å². The molecule has 0 atom stereocenters. The number of aliphatic carboxylic acids is 1. The summed E-state index contributed by atoms with van der Waals surface area (Å²) in [5, 5.41) is 15.4. The molecule has 3 aliphatic heterocycles. The quantitative estimate of drug-likeness (QED) is 0.818. The summed E-state index contributed by atoms with van der Waals surface area (Å²) in [5.41, 5.74) is 2.47. The Bertz CT molecular complexity index is 830. The van der Waals surface area contributed by atoms with Crippen LogP contribution in [0.4, 0.5) is 0 Å². The molecule has 4 rings (SSSR count). The maximum atomic E-state index is 11.2. The van der Waals surface area contributed by atoms with Gasteiger partial charge in [-0.1, -0.05) is 30.3 Å². The van der Waals surface area contributed by atoms with Gasteiger partial charge in [-0.05, 0) is 12.2 Å². The predicted molar refractivity (Wildman–Crippen MR) is 74.8 cm³/mol. The number of carboxylic acid groups (broad SMARTS) is 1. The molecule has 0 saturated heterocycles. The van der Waals surface area contributed by atoms with Gasteiger partial charge in [0.05, 0.1) is 17.0 Å². The normalized spacial score (nSPS) is 18.7. The SMILES string of the molecule is O=C(O)C1=CN2C(=c3ccccc3=C3CC=CN32)C=C1. The highest BCUT2D eigenvalue weighted by Crippen LogP contribution is 2.29. The van der Waals surface area contributed by atoms with Crippen LogP contribution in [-0.4, -0.2) is 21.1 Å². The van der Waals surface area contributed by atoms with Crippen LogP contribution < -0.4 is 10.4 Å². The summed E-state index contributed by atoms with van der Waals surface area (Å²) in [6.45, 7) is 0. The van der Waals surface area contributed by atoms with Crippen LogP contribution in [0.2, 0.25) is 0 Å². The molecular weight excluding hydrogens is 252 g/mol. The largest absolute Gasteiger partial charge is 0.478 e. The van der Waals surface area contributed by atoms with Crippen LogP contribution in [0.25, 0.3) is 11.4 Å². The van der Waals surface area contributed by atoms with E-state index in [0.29, 0.717) is 0 Å². The third-order valence-electron chi connectivity index (χ3n) is 3.76. The third kappa shape index (κ3) is 1.39. The van der Waals surface area contributed by atoms with Crippen LogP contribution in [0.1, 0.15) is 6.42 Å². The van der Waals surface area contributed by atoms with Crippen LogP contribution in [0.15, 0.2) is 60.5 Å². The first-order valence-electron chi connectivity index (χ1n) is 6.46. The number of benzene rings is 1. The summed E-state index contributed by atoms with van der Waals surface area (Å²) in [6, 6.07) is 8.22. The van der Waals surface area contributed by atoms with Crippen molar-refractivity contribution < 1.29 is 9.90 Å². The van der Waals surface area contributed by atoms with Crippen molar-refractivity contribution in [3.05, 3.63) is 70.9 Å². The van der Waals surface area contributed by atoms with Crippen molar-refractivity contribution in [3.63, 3.8) is 0 Å². The molecule has 0 amide bonds. The van der Waals surface area contributed by atoms with Crippen molar-refractivity contribution in [3.8, 4) is 0 Å². The highest BCUT2D eigenvalue weighted by atomic mass is 16.4. The van der Waals surface area contributed by atoms with Gasteiger partial charge in [0.2, 0.25) is 0 Å². The predicted octanol–water partition coefficient (Wildman–Crippen LogP) is 0.891. The average Bonchev–Trinajstić information content (AvgIpc) is 2.96. The van der Waals surface area contributed by atoms with E-state index in [-0.39, 0.29) is 5.57 Å². The van der Waals surface area contributed by atoms with Crippen LogP contribution in [0.5, 0.6) is 0 Å². The molecule has 0 saturated carbocycles. The van der Waals surface area contributed by atoms with Crippen LogP contribution >= 0.6 is 0 Å². The lowest BCUT2D eigenvalue weighted by Gasteiger charge is -2.37. The second-order valence-electron chi connectivity index (χ2n) is 4.88. The van der Waals surface area contributed by atoms with Gasteiger partial charge in [-0.3, -0.25) is 10.0 Å². The molecule has 0 unspecified atom stereocenters. The van der Waals surface area contributed by atoms with Crippen LogP contribution in [0, 0.1) is 0 Å². The number of hydrazine groups is 1. The van der Waals surface area contributed by atoms with Gasteiger partial charge in [0, 0.05) is 29.3 Å². The maximum Gasteiger partial charge on any atom is 0.337 e. The average molecular weight is 264 g/mol. The van der Waals surface area contributed by atoms with E-state index < -0.39 is 5.97 Å². The number of carboxylic acids is 1. The number of carbonyl (C=O) groups is 1. The highest BCUT2D eigenvalue weighted by molar-refractivity contribution is 5.91. The Labute approximate surface area is 115 Å². The zero-order chi connectivity index (χ0) is 13.7. The minimum absolute atomic E-state index is 0.285. The number of hydrogen-bond donors (Lipinski definition) is 1. The smallest absolute Gasteiger partial charge is 0.337 e. The Kier molecular flexibility index (Phi) is 2.15.